The summed E-state index contributed by atoms with van der Waals surface area (Å²) in [5, 5.41) is 15.6. The summed E-state index contributed by atoms with van der Waals surface area (Å²) in [6.45, 7) is 1.87. The van der Waals surface area contributed by atoms with Crippen molar-refractivity contribution in [3.63, 3.8) is 0 Å². The topological polar surface area (TPSA) is 77.3 Å². The van der Waals surface area contributed by atoms with Crippen molar-refractivity contribution in [3.8, 4) is 5.75 Å². The molecular formula is C18H16FN3O3. The van der Waals surface area contributed by atoms with E-state index in [4.69, 9.17) is 4.74 Å². The molecule has 0 bridgehead atoms. The molecular weight excluding hydrogens is 325 g/mol. The van der Waals surface area contributed by atoms with E-state index in [0.717, 1.165) is 0 Å². The van der Waals surface area contributed by atoms with Crippen LogP contribution in [0.15, 0.2) is 48.8 Å². The molecule has 1 N–H and O–H groups in total. The van der Waals surface area contributed by atoms with Gasteiger partial charge in [-0.2, -0.15) is 0 Å². The second-order valence-electron chi connectivity index (χ2n) is 5.56. The van der Waals surface area contributed by atoms with Crippen LogP contribution in [-0.2, 0) is 0 Å². The first-order valence-corrected chi connectivity index (χ1v) is 7.62. The van der Waals surface area contributed by atoms with Gasteiger partial charge in [0.15, 0.2) is 0 Å². The van der Waals surface area contributed by atoms with Crippen molar-refractivity contribution < 1.29 is 14.1 Å². The number of pyridine rings is 1. The summed E-state index contributed by atoms with van der Waals surface area (Å²) >= 11 is 0. The van der Waals surface area contributed by atoms with Crippen LogP contribution in [0.4, 0.5) is 15.8 Å². The number of methoxy groups -OCH3 is 1. The molecule has 1 unspecified atom stereocenters. The minimum absolute atomic E-state index is 0.00959. The third-order valence-electron chi connectivity index (χ3n) is 4.02. The lowest BCUT2D eigenvalue weighted by Gasteiger charge is -2.19. The number of aromatic nitrogens is 1. The molecule has 6 nitrogen and oxygen atoms in total. The number of fused-ring (bicyclic) bond motifs is 1. The number of rotatable bonds is 5. The Labute approximate surface area is 143 Å². The summed E-state index contributed by atoms with van der Waals surface area (Å²) in [6.07, 6.45) is 3.04. The van der Waals surface area contributed by atoms with Gasteiger partial charge in [0.25, 0.3) is 5.69 Å². The van der Waals surface area contributed by atoms with Crippen molar-refractivity contribution in [2.45, 2.75) is 13.0 Å². The maximum atomic E-state index is 13.6. The van der Waals surface area contributed by atoms with E-state index in [1.54, 1.807) is 24.4 Å². The van der Waals surface area contributed by atoms with Crippen LogP contribution >= 0.6 is 0 Å². The van der Waals surface area contributed by atoms with Gasteiger partial charge in [-0.3, -0.25) is 15.1 Å². The highest BCUT2D eigenvalue weighted by Crippen LogP contribution is 2.34. The van der Waals surface area contributed by atoms with E-state index in [1.165, 1.54) is 31.5 Å². The number of nitro groups is 1. The van der Waals surface area contributed by atoms with Crippen molar-refractivity contribution >= 4 is 22.1 Å². The molecule has 1 atom stereocenters. The Balaban J connectivity index is 2.03. The Morgan fingerprint density at radius 2 is 2.04 bits per heavy atom. The number of benzene rings is 2. The van der Waals surface area contributed by atoms with E-state index in [1.807, 2.05) is 6.92 Å². The van der Waals surface area contributed by atoms with E-state index in [0.29, 0.717) is 27.8 Å². The van der Waals surface area contributed by atoms with Crippen molar-refractivity contribution in [1.82, 2.24) is 4.98 Å². The van der Waals surface area contributed by atoms with Gasteiger partial charge < -0.3 is 10.1 Å². The number of nitro benzene ring substituents is 1. The van der Waals surface area contributed by atoms with Gasteiger partial charge in [0.05, 0.1) is 23.5 Å². The molecule has 3 rings (SSSR count). The Morgan fingerprint density at radius 3 is 2.76 bits per heavy atom. The fourth-order valence-corrected chi connectivity index (χ4v) is 2.81. The van der Waals surface area contributed by atoms with E-state index < -0.39 is 4.92 Å². The second-order valence-corrected chi connectivity index (χ2v) is 5.56. The van der Waals surface area contributed by atoms with E-state index in [9.17, 15) is 14.5 Å². The zero-order valence-electron chi connectivity index (χ0n) is 13.7. The lowest BCUT2D eigenvalue weighted by atomic mass is 10.0. The quantitative estimate of drug-likeness (QED) is 0.547. The highest BCUT2D eigenvalue weighted by atomic mass is 19.1. The Bertz CT molecular complexity index is 946. The van der Waals surface area contributed by atoms with Crippen LogP contribution in [0.2, 0.25) is 0 Å². The zero-order valence-corrected chi connectivity index (χ0v) is 13.7. The average molecular weight is 341 g/mol. The van der Waals surface area contributed by atoms with Gasteiger partial charge in [-0.1, -0.05) is 0 Å². The molecule has 0 saturated heterocycles. The Morgan fingerprint density at radius 1 is 1.24 bits per heavy atom. The van der Waals surface area contributed by atoms with Gasteiger partial charge >= 0.3 is 0 Å². The zero-order chi connectivity index (χ0) is 18.0. The van der Waals surface area contributed by atoms with Crippen LogP contribution in [0.5, 0.6) is 5.75 Å². The monoisotopic (exact) mass is 341 g/mol. The summed E-state index contributed by atoms with van der Waals surface area (Å²) in [6, 6.07) is 8.82. The summed E-state index contributed by atoms with van der Waals surface area (Å²) in [7, 11) is 1.52. The highest BCUT2D eigenvalue weighted by Gasteiger charge is 2.17. The van der Waals surface area contributed by atoms with Gasteiger partial charge in [0, 0.05) is 35.1 Å². The van der Waals surface area contributed by atoms with Crippen LogP contribution in [0.25, 0.3) is 10.8 Å². The minimum atomic E-state index is -0.438. The first-order valence-electron chi connectivity index (χ1n) is 7.62. The molecule has 0 fully saturated rings. The lowest BCUT2D eigenvalue weighted by molar-refractivity contribution is -0.383. The van der Waals surface area contributed by atoms with Crippen LogP contribution in [-0.4, -0.2) is 17.0 Å². The van der Waals surface area contributed by atoms with Crippen LogP contribution in [0.1, 0.15) is 18.5 Å². The smallest absolute Gasteiger partial charge is 0.278 e. The van der Waals surface area contributed by atoms with Crippen LogP contribution in [0, 0.1) is 15.9 Å². The second kappa shape index (κ2) is 6.72. The molecule has 2 aromatic carbocycles. The van der Waals surface area contributed by atoms with Gasteiger partial charge in [0.2, 0.25) is 0 Å². The normalized spacial score (nSPS) is 12.0. The summed E-state index contributed by atoms with van der Waals surface area (Å²) in [5.41, 5.74) is 1.34. The molecule has 25 heavy (non-hydrogen) atoms. The van der Waals surface area contributed by atoms with E-state index >= 15 is 0 Å². The first-order chi connectivity index (χ1) is 12.0. The molecule has 1 heterocycles. The SMILES string of the molecule is COc1ccc(F)cc1C(C)Nc1ccc([N+](=O)[O-])c2cnccc12. The Hall–Kier alpha value is -3.22. The summed E-state index contributed by atoms with van der Waals surface area (Å²) in [4.78, 5) is 14.7. The fraction of sp³-hybridized carbons (Fsp3) is 0.167. The molecule has 0 aliphatic rings. The number of ether oxygens (including phenoxy) is 1. The van der Waals surface area contributed by atoms with E-state index in [-0.39, 0.29) is 17.5 Å². The minimum Gasteiger partial charge on any atom is -0.496 e. The average Bonchev–Trinajstić information content (AvgIpc) is 2.61. The molecule has 0 aliphatic carbocycles. The molecule has 0 radical (unpaired) electrons. The number of anilines is 1. The van der Waals surface area contributed by atoms with Gasteiger partial charge in [-0.25, -0.2) is 4.39 Å². The standard InChI is InChI=1S/C18H16FN3O3/c1-11(14-9-12(19)3-6-18(14)25-2)21-16-4-5-17(22(23)24)15-10-20-8-7-13(15)16/h3-11,21H,1-2H3. The molecule has 0 aliphatic heterocycles. The van der Waals surface area contributed by atoms with Crippen molar-refractivity contribution in [3.05, 3.63) is 70.3 Å². The van der Waals surface area contributed by atoms with Crippen LogP contribution in [0.3, 0.4) is 0 Å². The fourth-order valence-electron chi connectivity index (χ4n) is 2.81. The third-order valence-corrected chi connectivity index (χ3v) is 4.02. The predicted octanol–water partition coefficient (Wildman–Crippen LogP) is 4.46. The maximum Gasteiger partial charge on any atom is 0.278 e. The first kappa shape index (κ1) is 16.6. The molecule has 0 amide bonds. The molecule has 0 spiro atoms. The lowest BCUT2D eigenvalue weighted by Crippen LogP contribution is -2.09. The summed E-state index contributed by atoms with van der Waals surface area (Å²) in [5.74, 6) is 0.205. The maximum absolute atomic E-state index is 13.6. The van der Waals surface area contributed by atoms with Crippen molar-refractivity contribution in [1.29, 1.82) is 0 Å². The number of halogens is 1. The highest BCUT2D eigenvalue weighted by molar-refractivity contribution is 5.99. The predicted molar refractivity (Wildman–Crippen MR) is 93.4 cm³/mol. The Kier molecular flexibility index (Phi) is 4.47. The number of hydrogen-bond donors (Lipinski definition) is 1. The van der Waals surface area contributed by atoms with Gasteiger partial charge in [-0.05, 0) is 37.3 Å². The number of hydrogen-bond acceptors (Lipinski definition) is 5. The van der Waals surface area contributed by atoms with Crippen molar-refractivity contribution in [2.75, 3.05) is 12.4 Å². The number of nitrogens with zero attached hydrogens (tertiary/aromatic N) is 2. The molecule has 3 aromatic rings. The molecule has 128 valence electrons. The molecule has 1 aromatic heterocycles. The van der Waals surface area contributed by atoms with Crippen molar-refractivity contribution in [2.24, 2.45) is 0 Å². The van der Waals surface area contributed by atoms with Crippen LogP contribution < -0.4 is 10.1 Å². The summed E-state index contributed by atoms with van der Waals surface area (Å²) < 4.78 is 18.9. The number of nitrogens with one attached hydrogen (secondary N) is 1. The molecule has 7 heteroatoms. The molecule has 0 saturated carbocycles. The largest absolute Gasteiger partial charge is 0.496 e. The number of non-ortho nitro benzene ring substituents is 1. The third kappa shape index (κ3) is 3.21. The van der Waals surface area contributed by atoms with Gasteiger partial charge in [-0.15, -0.1) is 0 Å². The van der Waals surface area contributed by atoms with Gasteiger partial charge in [0.1, 0.15) is 11.6 Å². The van der Waals surface area contributed by atoms with E-state index in [2.05, 4.69) is 10.3 Å².